The fourth-order valence-corrected chi connectivity index (χ4v) is 5.66. The van der Waals surface area contributed by atoms with Crippen LogP contribution in [0.2, 0.25) is 0 Å². The quantitative estimate of drug-likeness (QED) is 0.362. The van der Waals surface area contributed by atoms with Gasteiger partial charge in [0, 0.05) is 23.7 Å². The van der Waals surface area contributed by atoms with E-state index < -0.39 is 0 Å². The van der Waals surface area contributed by atoms with Gasteiger partial charge < -0.3 is 4.98 Å². The lowest BCUT2D eigenvalue weighted by Gasteiger charge is -2.41. The standard InChI is InChI=1S/C29H36N6O/c1-20(2)27(28-31-32-33-35(28)18-22-10-6-4-7-11-22)34(25-12-8-5-9-13-25)19-24-17-23-15-14-21(3)16-26(23)30-29(24)36/h4,6-7,10-11,14-17,20,25,27H,5,8-9,12-13,18-19H2,1-3H3,(H,30,36). The number of aryl methyl sites for hydroxylation is 1. The van der Waals surface area contributed by atoms with Crippen LogP contribution >= 0.6 is 0 Å². The van der Waals surface area contributed by atoms with Gasteiger partial charge in [0.1, 0.15) is 0 Å². The molecule has 1 fully saturated rings. The number of tetrazole rings is 1. The Morgan fingerprint density at radius 3 is 2.58 bits per heavy atom. The summed E-state index contributed by atoms with van der Waals surface area (Å²) in [5.74, 6) is 1.14. The summed E-state index contributed by atoms with van der Waals surface area (Å²) in [5.41, 5.74) is 3.98. The summed E-state index contributed by atoms with van der Waals surface area (Å²) in [6.07, 6.45) is 5.98. The second-order valence-corrected chi connectivity index (χ2v) is 10.5. The van der Waals surface area contributed by atoms with Crippen molar-refractivity contribution in [1.29, 1.82) is 0 Å². The van der Waals surface area contributed by atoms with E-state index in [4.69, 9.17) is 0 Å². The molecule has 4 aromatic rings. The Bertz CT molecular complexity index is 1350. The second-order valence-electron chi connectivity index (χ2n) is 10.5. The number of H-pyrrole nitrogens is 1. The summed E-state index contributed by atoms with van der Waals surface area (Å²) >= 11 is 0. The third-order valence-corrected chi connectivity index (χ3v) is 7.46. The molecular weight excluding hydrogens is 448 g/mol. The maximum absolute atomic E-state index is 13.2. The number of pyridine rings is 1. The minimum atomic E-state index is -0.0136. The molecule has 2 aromatic heterocycles. The highest BCUT2D eigenvalue weighted by Gasteiger charge is 2.35. The first-order valence-electron chi connectivity index (χ1n) is 13.2. The van der Waals surface area contributed by atoms with Gasteiger partial charge in [-0.25, -0.2) is 4.68 Å². The summed E-state index contributed by atoms with van der Waals surface area (Å²) < 4.78 is 1.93. The van der Waals surface area contributed by atoms with Crippen molar-refractivity contribution >= 4 is 10.9 Å². The molecule has 5 rings (SSSR count). The van der Waals surface area contributed by atoms with Gasteiger partial charge in [-0.3, -0.25) is 9.69 Å². The average molecular weight is 485 g/mol. The van der Waals surface area contributed by atoms with Crippen molar-refractivity contribution in [2.45, 2.75) is 78.0 Å². The monoisotopic (exact) mass is 484 g/mol. The number of aromatic amines is 1. The van der Waals surface area contributed by atoms with Gasteiger partial charge in [0.05, 0.1) is 12.6 Å². The summed E-state index contributed by atoms with van der Waals surface area (Å²) in [7, 11) is 0. The molecule has 1 saturated carbocycles. The van der Waals surface area contributed by atoms with Crippen LogP contribution in [0, 0.1) is 12.8 Å². The van der Waals surface area contributed by atoms with Crippen molar-refractivity contribution in [1.82, 2.24) is 30.1 Å². The summed E-state index contributed by atoms with van der Waals surface area (Å²) in [6.45, 7) is 7.71. The second kappa shape index (κ2) is 10.7. The van der Waals surface area contributed by atoms with Crippen molar-refractivity contribution in [2.24, 2.45) is 5.92 Å². The first-order valence-corrected chi connectivity index (χ1v) is 13.2. The van der Waals surface area contributed by atoms with Crippen LogP contribution in [-0.4, -0.2) is 36.1 Å². The van der Waals surface area contributed by atoms with E-state index >= 15 is 0 Å². The molecule has 1 atom stereocenters. The number of rotatable bonds is 8. The lowest BCUT2D eigenvalue weighted by atomic mass is 9.90. The van der Waals surface area contributed by atoms with Gasteiger partial charge in [0.15, 0.2) is 5.82 Å². The first-order chi connectivity index (χ1) is 17.5. The molecule has 0 radical (unpaired) electrons. The number of benzene rings is 2. The Hall–Kier alpha value is -3.32. The molecule has 0 spiro atoms. The predicted octanol–water partition coefficient (Wildman–Crippen LogP) is 5.40. The van der Waals surface area contributed by atoms with Crippen LogP contribution < -0.4 is 5.56 Å². The average Bonchev–Trinajstić information content (AvgIpc) is 3.32. The molecule has 0 aliphatic heterocycles. The van der Waals surface area contributed by atoms with E-state index in [1.807, 2.05) is 35.9 Å². The fourth-order valence-electron chi connectivity index (χ4n) is 5.66. The zero-order valence-electron chi connectivity index (χ0n) is 21.5. The Morgan fingerprint density at radius 2 is 1.83 bits per heavy atom. The van der Waals surface area contributed by atoms with Crippen LogP contribution in [0.25, 0.3) is 10.9 Å². The van der Waals surface area contributed by atoms with Gasteiger partial charge in [-0.2, -0.15) is 0 Å². The van der Waals surface area contributed by atoms with Crippen LogP contribution in [-0.2, 0) is 13.1 Å². The SMILES string of the molecule is Cc1ccc2cc(CN(C3CCCCC3)C(c3nnnn3Cc3ccccc3)C(C)C)c(=O)[nH]c2c1. The predicted molar refractivity (Wildman–Crippen MR) is 143 cm³/mol. The highest BCUT2D eigenvalue weighted by molar-refractivity contribution is 5.79. The number of hydrogen-bond donors (Lipinski definition) is 1. The normalized spacial score (nSPS) is 15.7. The van der Waals surface area contributed by atoms with Crippen LogP contribution in [0.3, 0.4) is 0 Å². The van der Waals surface area contributed by atoms with Crippen LogP contribution in [0.5, 0.6) is 0 Å². The van der Waals surface area contributed by atoms with E-state index in [0.717, 1.165) is 40.7 Å². The van der Waals surface area contributed by atoms with E-state index in [-0.39, 0.29) is 17.5 Å². The van der Waals surface area contributed by atoms with E-state index in [1.54, 1.807) is 0 Å². The van der Waals surface area contributed by atoms with E-state index in [0.29, 0.717) is 19.1 Å². The molecule has 7 heteroatoms. The number of hydrogen-bond acceptors (Lipinski definition) is 5. The van der Waals surface area contributed by atoms with Crippen LogP contribution in [0.15, 0.2) is 59.4 Å². The molecule has 2 heterocycles. The summed E-state index contributed by atoms with van der Waals surface area (Å²) in [4.78, 5) is 18.9. The van der Waals surface area contributed by atoms with Gasteiger partial charge in [-0.15, -0.1) is 5.10 Å². The Kier molecular flexibility index (Phi) is 7.28. The molecule has 0 bridgehead atoms. The smallest absolute Gasteiger partial charge is 0.252 e. The molecule has 7 nitrogen and oxygen atoms in total. The van der Waals surface area contributed by atoms with Crippen molar-refractivity contribution in [3.8, 4) is 0 Å². The largest absolute Gasteiger partial charge is 0.322 e. The molecule has 1 unspecified atom stereocenters. The number of aromatic nitrogens is 5. The van der Waals surface area contributed by atoms with Crippen LogP contribution in [0.1, 0.15) is 74.5 Å². The summed E-state index contributed by atoms with van der Waals surface area (Å²) in [5, 5.41) is 14.1. The fraction of sp³-hybridized carbons (Fsp3) is 0.448. The minimum absolute atomic E-state index is 0.0000676. The van der Waals surface area contributed by atoms with Gasteiger partial charge in [0.2, 0.25) is 0 Å². The lowest BCUT2D eigenvalue weighted by molar-refractivity contribution is 0.0611. The van der Waals surface area contributed by atoms with Gasteiger partial charge in [-0.05, 0) is 64.8 Å². The maximum Gasteiger partial charge on any atom is 0.252 e. The van der Waals surface area contributed by atoms with Gasteiger partial charge in [-0.1, -0.05) is 75.6 Å². The van der Waals surface area contributed by atoms with Crippen molar-refractivity contribution < 1.29 is 0 Å². The molecule has 1 aliphatic rings. The zero-order chi connectivity index (χ0) is 25.1. The number of nitrogens with zero attached hydrogens (tertiary/aromatic N) is 5. The van der Waals surface area contributed by atoms with Crippen molar-refractivity contribution in [3.63, 3.8) is 0 Å². The molecule has 2 aromatic carbocycles. The highest BCUT2D eigenvalue weighted by atomic mass is 16.1. The Morgan fingerprint density at radius 1 is 1.06 bits per heavy atom. The minimum Gasteiger partial charge on any atom is -0.322 e. The topological polar surface area (TPSA) is 79.7 Å². The Labute approximate surface area is 212 Å². The van der Waals surface area contributed by atoms with Crippen molar-refractivity contribution in [2.75, 3.05) is 0 Å². The maximum atomic E-state index is 13.2. The van der Waals surface area contributed by atoms with E-state index in [2.05, 4.69) is 69.6 Å². The number of nitrogens with one attached hydrogen (secondary N) is 1. The molecule has 188 valence electrons. The van der Waals surface area contributed by atoms with Gasteiger partial charge >= 0.3 is 0 Å². The first kappa shape index (κ1) is 24.4. The zero-order valence-corrected chi connectivity index (χ0v) is 21.5. The molecule has 1 aliphatic carbocycles. The van der Waals surface area contributed by atoms with Crippen LogP contribution in [0.4, 0.5) is 0 Å². The molecule has 0 amide bonds. The summed E-state index contributed by atoms with van der Waals surface area (Å²) in [6, 6.07) is 19.0. The van der Waals surface area contributed by atoms with E-state index in [1.165, 1.54) is 24.8 Å². The highest BCUT2D eigenvalue weighted by Crippen LogP contribution is 2.35. The molecule has 36 heavy (non-hydrogen) atoms. The molecule has 1 N–H and O–H groups in total. The lowest BCUT2D eigenvalue weighted by Crippen LogP contribution is -2.43. The van der Waals surface area contributed by atoms with E-state index in [9.17, 15) is 4.79 Å². The number of fused-ring (bicyclic) bond motifs is 1. The molecular formula is C29H36N6O. The third kappa shape index (κ3) is 5.26. The third-order valence-electron chi connectivity index (χ3n) is 7.46. The van der Waals surface area contributed by atoms with Crippen molar-refractivity contribution in [3.05, 3.63) is 87.5 Å². The van der Waals surface area contributed by atoms with Gasteiger partial charge in [0.25, 0.3) is 5.56 Å². The Balaban J connectivity index is 1.53. The molecule has 0 saturated heterocycles.